The van der Waals surface area contributed by atoms with E-state index in [1.54, 1.807) is 12.1 Å². The van der Waals surface area contributed by atoms with E-state index in [1.165, 1.54) is 30.5 Å². The van der Waals surface area contributed by atoms with Gasteiger partial charge in [0.05, 0.1) is 11.7 Å². The van der Waals surface area contributed by atoms with E-state index < -0.39 is 6.10 Å². The predicted octanol–water partition coefficient (Wildman–Crippen LogP) is 2.47. The summed E-state index contributed by atoms with van der Waals surface area (Å²) in [7, 11) is 0. The Kier molecular flexibility index (Phi) is 4.67. The smallest absolute Gasteiger partial charge is 0.252 e. The highest BCUT2D eigenvalue weighted by Gasteiger charge is 2.11. The fourth-order valence-corrected chi connectivity index (χ4v) is 2.25. The lowest BCUT2D eigenvalue weighted by Crippen LogP contribution is -2.28. The first-order valence-corrected chi connectivity index (χ1v) is 7.44. The van der Waals surface area contributed by atoms with Crippen molar-refractivity contribution in [3.63, 3.8) is 0 Å². The summed E-state index contributed by atoms with van der Waals surface area (Å²) >= 11 is 0. The Hall–Kier alpha value is -2.99. The normalized spacial score (nSPS) is 11.9. The third kappa shape index (κ3) is 3.67. The molecular weight excluding hydrogens is 309 g/mol. The van der Waals surface area contributed by atoms with Crippen LogP contribution in [0, 0.1) is 5.82 Å². The molecule has 0 bridgehead atoms. The summed E-state index contributed by atoms with van der Waals surface area (Å²) in [6, 6.07) is 12.7. The van der Waals surface area contributed by atoms with Crippen molar-refractivity contribution in [1.82, 2.24) is 14.9 Å². The van der Waals surface area contributed by atoms with Crippen LogP contribution in [0.1, 0.15) is 22.0 Å². The molecule has 0 fully saturated rings. The largest absolute Gasteiger partial charge is 0.387 e. The van der Waals surface area contributed by atoms with E-state index in [2.05, 4.69) is 10.3 Å². The fraction of sp³-hybridized carbons (Fsp3) is 0.111. The molecule has 5 nitrogen and oxygen atoms in total. The van der Waals surface area contributed by atoms with Gasteiger partial charge in [0.15, 0.2) is 0 Å². The van der Waals surface area contributed by atoms with E-state index in [1.807, 2.05) is 29.1 Å². The number of carbonyl (C=O) groups excluding carboxylic acids is 1. The van der Waals surface area contributed by atoms with Crippen molar-refractivity contribution in [2.75, 3.05) is 6.54 Å². The number of amides is 1. The minimum atomic E-state index is -0.901. The first-order chi connectivity index (χ1) is 11.6. The van der Waals surface area contributed by atoms with Gasteiger partial charge in [0.25, 0.3) is 5.91 Å². The Morgan fingerprint density at radius 2 is 1.88 bits per heavy atom. The molecule has 0 spiro atoms. The van der Waals surface area contributed by atoms with Crippen molar-refractivity contribution in [1.29, 1.82) is 0 Å². The molecule has 2 N–H and O–H groups in total. The number of nitrogens with one attached hydrogen (secondary N) is 1. The number of carbonyl (C=O) groups is 1. The van der Waals surface area contributed by atoms with Gasteiger partial charge in [0.1, 0.15) is 11.6 Å². The monoisotopic (exact) mass is 325 g/mol. The van der Waals surface area contributed by atoms with Gasteiger partial charge in [-0.25, -0.2) is 9.37 Å². The van der Waals surface area contributed by atoms with Crippen molar-refractivity contribution < 1.29 is 14.3 Å². The number of hydrogen-bond donors (Lipinski definition) is 2. The summed E-state index contributed by atoms with van der Waals surface area (Å²) in [5.41, 5.74) is 0.940. The molecule has 2 aromatic heterocycles. The Morgan fingerprint density at radius 3 is 2.50 bits per heavy atom. The fourth-order valence-electron chi connectivity index (χ4n) is 2.25. The van der Waals surface area contributed by atoms with Gasteiger partial charge in [0.2, 0.25) is 0 Å². The van der Waals surface area contributed by atoms with Crippen LogP contribution >= 0.6 is 0 Å². The molecule has 0 saturated carbocycles. The molecule has 0 aliphatic carbocycles. The average Bonchev–Trinajstić information content (AvgIpc) is 3.15. The van der Waals surface area contributed by atoms with Crippen molar-refractivity contribution in [3.05, 3.63) is 84.1 Å². The number of aliphatic hydroxyl groups excluding tert-OH is 1. The molecule has 0 aliphatic rings. The maximum absolute atomic E-state index is 12.9. The highest BCUT2D eigenvalue weighted by Crippen LogP contribution is 2.13. The van der Waals surface area contributed by atoms with Gasteiger partial charge in [-0.1, -0.05) is 12.1 Å². The summed E-state index contributed by atoms with van der Waals surface area (Å²) in [5.74, 6) is 0.00876. The first kappa shape index (κ1) is 15.9. The van der Waals surface area contributed by atoms with E-state index in [0.29, 0.717) is 16.9 Å². The van der Waals surface area contributed by atoms with Crippen LogP contribution in [0.25, 0.3) is 5.82 Å². The van der Waals surface area contributed by atoms with Gasteiger partial charge in [-0.15, -0.1) is 0 Å². The Bertz CT molecular complexity index is 799. The Morgan fingerprint density at radius 1 is 1.17 bits per heavy atom. The molecular formula is C18H16FN3O2. The molecule has 3 aromatic rings. The second-order valence-corrected chi connectivity index (χ2v) is 5.27. The molecule has 0 saturated heterocycles. The van der Waals surface area contributed by atoms with Gasteiger partial charge in [-0.3, -0.25) is 4.79 Å². The van der Waals surface area contributed by atoms with Crippen molar-refractivity contribution in [2.45, 2.75) is 6.10 Å². The molecule has 0 aliphatic heterocycles. The van der Waals surface area contributed by atoms with Gasteiger partial charge < -0.3 is 15.0 Å². The molecule has 1 aromatic carbocycles. The lowest BCUT2D eigenvalue weighted by atomic mass is 10.1. The van der Waals surface area contributed by atoms with E-state index in [-0.39, 0.29) is 18.3 Å². The standard InChI is InChI=1S/C18H16FN3O2/c19-15-6-3-13(4-7-15)16(23)12-21-18(24)14-5-8-17(20-11-14)22-9-1-2-10-22/h1-11,16,23H,12H2,(H,21,24). The first-order valence-electron chi connectivity index (χ1n) is 7.44. The SMILES string of the molecule is O=C(NCC(O)c1ccc(F)cc1)c1ccc(-n2cccc2)nc1. The van der Waals surface area contributed by atoms with E-state index in [4.69, 9.17) is 0 Å². The second kappa shape index (κ2) is 7.06. The molecule has 1 atom stereocenters. The predicted molar refractivity (Wildman–Crippen MR) is 87.3 cm³/mol. The van der Waals surface area contributed by atoms with E-state index in [0.717, 1.165) is 0 Å². The molecule has 3 rings (SSSR count). The maximum Gasteiger partial charge on any atom is 0.252 e. The van der Waals surface area contributed by atoms with E-state index >= 15 is 0 Å². The minimum absolute atomic E-state index is 0.0316. The zero-order valence-corrected chi connectivity index (χ0v) is 12.8. The second-order valence-electron chi connectivity index (χ2n) is 5.27. The van der Waals surface area contributed by atoms with Crippen LogP contribution in [0.2, 0.25) is 0 Å². The van der Waals surface area contributed by atoms with Crippen LogP contribution in [0.5, 0.6) is 0 Å². The lowest BCUT2D eigenvalue weighted by Gasteiger charge is -2.12. The summed E-state index contributed by atoms with van der Waals surface area (Å²) < 4.78 is 14.7. The van der Waals surface area contributed by atoms with Gasteiger partial charge in [-0.2, -0.15) is 0 Å². The molecule has 122 valence electrons. The number of rotatable bonds is 5. The summed E-state index contributed by atoms with van der Waals surface area (Å²) in [4.78, 5) is 16.3. The third-order valence-corrected chi connectivity index (χ3v) is 3.59. The number of pyridine rings is 1. The van der Waals surface area contributed by atoms with Crippen molar-refractivity contribution in [2.24, 2.45) is 0 Å². The van der Waals surface area contributed by atoms with Gasteiger partial charge >= 0.3 is 0 Å². The molecule has 24 heavy (non-hydrogen) atoms. The summed E-state index contributed by atoms with van der Waals surface area (Å²) in [5, 5.41) is 12.7. The molecule has 1 unspecified atom stereocenters. The topological polar surface area (TPSA) is 67.2 Å². The number of benzene rings is 1. The third-order valence-electron chi connectivity index (χ3n) is 3.59. The molecule has 2 heterocycles. The van der Waals surface area contributed by atoms with Crippen LogP contribution < -0.4 is 5.32 Å². The Balaban J connectivity index is 1.59. The van der Waals surface area contributed by atoms with Crippen LogP contribution in [-0.4, -0.2) is 27.1 Å². The molecule has 1 amide bonds. The van der Waals surface area contributed by atoms with Crippen LogP contribution in [0.3, 0.4) is 0 Å². The average molecular weight is 325 g/mol. The maximum atomic E-state index is 12.9. The number of aromatic nitrogens is 2. The lowest BCUT2D eigenvalue weighted by molar-refractivity contribution is 0.0916. The molecule has 6 heteroatoms. The van der Waals surface area contributed by atoms with Crippen molar-refractivity contribution in [3.8, 4) is 5.82 Å². The summed E-state index contributed by atoms with van der Waals surface area (Å²) in [6.45, 7) is 0.0316. The van der Waals surface area contributed by atoms with Crippen molar-refractivity contribution >= 4 is 5.91 Å². The highest BCUT2D eigenvalue weighted by molar-refractivity contribution is 5.93. The van der Waals surface area contributed by atoms with Gasteiger partial charge in [0, 0.05) is 25.1 Å². The quantitative estimate of drug-likeness (QED) is 0.757. The van der Waals surface area contributed by atoms with E-state index in [9.17, 15) is 14.3 Å². The number of aliphatic hydroxyl groups is 1. The highest BCUT2D eigenvalue weighted by atomic mass is 19.1. The van der Waals surface area contributed by atoms with Crippen LogP contribution in [0.4, 0.5) is 4.39 Å². The molecule has 0 radical (unpaired) electrons. The zero-order valence-electron chi connectivity index (χ0n) is 12.8. The zero-order chi connectivity index (χ0) is 16.9. The van der Waals surface area contributed by atoms with Crippen LogP contribution in [-0.2, 0) is 0 Å². The number of halogens is 1. The summed E-state index contributed by atoms with van der Waals surface area (Å²) in [6.07, 6.45) is 4.30. The van der Waals surface area contributed by atoms with Crippen LogP contribution in [0.15, 0.2) is 67.1 Å². The minimum Gasteiger partial charge on any atom is -0.387 e. The van der Waals surface area contributed by atoms with Gasteiger partial charge in [-0.05, 0) is 42.0 Å². The Labute approximate surface area is 138 Å². The number of hydrogen-bond acceptors (Lipinski definition) is 3. The number of nitrogens with zero attached hydrogens (tertiary/aromatic N) is 2.